The van der Waals surface area contributed by atoms with Crippen LogP contribution < -0.4 is 4.74 Å². The predicted octanol–water partition coefficient (Wildman–Crippen LogP) is 1.79. The van der Waals surface area contributed by atoms with Crippen LogP contribution in [-0.2, 0) is 4.84 Å². The number of oxime groups is 1. The largest absolute Gasteiger partial charge is 0.490 e. The van der Waals surface area contributed by atoms with E-state index in [1.165, 1.54) is 0 Å². The minimum atomic E-state index is -0.589. The van der Waals surface area contributed by atoms with Crippen molar-refractivity contribution in [2.45, 2.75) is 4.87 Å². The van der Waals surface area contributed by atoms with Crippen LogP contribution >= 0.6 is 11.6 Å². The molecule has 2 heterocycles. The van der Waals surface area contributed by atoms with E-state index >= 15 is 0 Å². The van der Waals surface area contributed by atoms with Crippen molar-refractivity contribution in [3.63, 3.8) is 0 Å². The van der Waals surface area contributed by atoms with Gasteiger partial charge in [-0.3, -0.25) is 0 Å². The van der Waals surface area contributed by atoms with Crippen molar-refractivity contribution in [3.05, 3.63) is 29.8 Å². The van der Waals surface area contributed by atoms with E-state index in [0.717, 1.165) is 17.0 Å². The zero-order chi connectivity index (χ0) is 9.60. The highest BCUT2D eigenvalue weighted by molar-refractivity contribution is 6.40. The van der Waals surface area contributed by atoms with Crippen LogP contribution in [0, 0.1) is 0 Å². The first-order valence-electron chi connectivity index (χ1n) is 4.41. The predicted molar refractivity (Wildman–Crippen MR) is 53.0 cm³/mol. The van der Waals surface area contributed by atoms with Crippen molar-refractivity contribution < 1.29 is 9.57 Å². The van der Waals surface area contributed by atoms with Crippen LogP contribution in [0.2, 0.25) is 0 Å². The molecule has 0 N–H and O–H groups in total. The van der Waals surface area contributed by atoms with Crippen LogP contribution in [0.25, 0.3) is 0 Å². The summed E-state index contributed by atoms with van der Waals surface area (Å²) in [6.07, 6.45) is 0. The maximum absolute atomic E-state index is 6.32. The lowest BCUT2D eigenvalue weighted by Crippen LogP contribution is -2.43. The Balaban J connectivity index is 2.18. The summed E-state index contributed by atoms with van der Waals surface area (Å²) in [6, 6.07) is 7.72. The zero-order valence-corrected chi connectivity index (χ0v) is 8.12. The smallest absolute Gasteiger partial charge is 0.161 e. The lowest BCUT2D eigenvalue weighted by Gasteiger charge is -2.27. The summed E-state index contributed by atoms with van der Waals surface area (Å²) in [5, 5.41) is 3.98. The molecule has 3 nitrogen and oxygen atoms in total. The number of fused-ring (bicyclic) bond motifs is 3. The molecule has 0 radical (unpaired) electrons. The van der Waals surface area contributed by atoms with Gasteiger partial charge in [0.1, 0.15) is 24.7 Å². The van der Waals surface area contributed by atoms with E-state index < -0.39 is 4.87 Å². The Morgan fingerprint density at radius 3 is 3.07 bits per heavy atom. The van der Waals surface area contributed by atoms with Crippen molar-refractivity contribution in [1.29, 1.82) is 0 Å². The first kappa shape index (κ1) is 8.12. The third-order valence-corrected chi connectivity index (χ3v) is 2.87. The number of hydrogen-bond donors (Lipinski definition) is 0. The molecule has 0 bridgehead atoms. The third-order valence-electron chi connectivity index (χ3n) is 2.47. The van der Waals surface area contributed by atoms with Crippen LogP contribution in [0.15, 0.2) is 29.4 Å². The monoisotopic (exact) mass is 209 g/mol. The molecule has 0 saturated heterocycles. The Hall–Kier alpha value is -1.22. The molecule has 0 aromatic heterocycles. The molecule has 1 unspecified atom stereocenters. The van der Waals surface area contributed by atoms with Crippen molar-refractivity contribution in [2.24, 2.45) is 5.16 Å². The van der Waals surface area contributed by atoms with Crippen LogP contribution in [0.4, 0.5) is 0 Å². The molecule has 0 spiro atoms. The Kier molecular flexibility index (Phi) is 1.53. The van der Waals surface area contributed by atoms with Gasteiger partial charge in [-0.05, 0) is 12.1 Å². The van der Waals surface area contributed by atoms with Crippen molar-refractivity contribution in [1.82, 2.24) is 0 Å². The summed E-state index contributed by atoms with van der Waals surface area (Å²) in [5.74, 6) is 0.827. The van der Waals surface area contributed by atoms with Crippen molar-refractivity contribution in [3.8, 4) is 5.75 Å². The summed E-state index contributed by atoms with van der Waals surface area (Å²) in [6.45, 7) is 0.808. The standard InChI is InChI=1S/C10H8ClNO2/c11-10-5-13-8-4-2-1-3-7(8)9(10)12-14-6-10/h1-4H,5-6H2. The summed E-state index contributed by atoms with van der Waals surface area (Å²) in [4.78, 5) is 4.44. The molecule has 1 aromatic carbocycles. The topological polar surface area (TPSA) is 30.8 Å². The third kappa shape index (κ3) is 0.960. The molecule has 0 aliphatic carbocycles. The van der Waals surface area contributed by atoms with Gasteiger partial charge in [-0.2, -0.15) is 0 Å². The Labute approximate surface area is 86.3 Å². The quantitative estimate of drug-likeness (QED) is 0.610. The van der Waals surface area contributed by atoms with Gasteiger partial charge < -0.3 is 9.57 Å². The van der Waals surface area contributed by atoms with E-state index in [9.17, 15) is 0 Å². The normalized spacial score (nSPS) is 28.2. The molecule has 2 aliphatic heterocycles. The van der Waals surface area contributed by atoms with Crippen LogP contribution in [-0.4, -0.2) is 23.8 Å². The molecule has 0 fully saturated rings. The molecular weight excluding hydrogens is 202 g/mol. The molecule has 72 valence electrons. The second-order valence-electron chi connectivity index (χ2n) is 3.46. The van der Waals surface area contributed by atoms with Gasteiger partial charge in [0, 0.05) is 5.56 Å². The van der Waals surface area contributed by atoms with Gasteiger partial charge in [-0.1, -0.05) is 17.3 Å². The number of rotatable bonds is 0. The lowest BCUT2D eigenvalue weighted by atomic mass is 9.95. The Bertz CT molecular complexity index is 418. The summed E-state index contributed by atoms with van der Waals surface area (Å²) in [5.41, 5.74) is 1.73. The van der Waals surface area contributed by atoms with E-state index in [-0.39, 0.29) is 0 Å². The number of ether oxygens (including phenoxy) is 1. The maximum Gasteiger partial charge on any atom is 0.161 e. The van der Waals surface area contributed by atoms with E-state index in [1.807, 2.05) is 24.3 Å². The fraction of sp³-hybridized carbons (Fsp3) is 0.300. The van der Waals surface area contributed by atoms with E-state index in [2.05, 4.69) is 5.16 Å². The number of para-hydroxylation sites is 1. The van der Waals surface area contributed by atoms with E-state index in [1.54, 1.807) is 0 Å². The van der Waals surface area contributed by atoms with E-state index in [4.69, 9.17) is 21.2 Å². The second-order valence-corrected chi connectivity index (χ2v) is 4.19. The van der Waals surface area contributed by atoms with Gasteiger partial charge in [-0.25, -0.2) is 0 Å². The Morgan fingerprint density at radius 2 is 2.14 bits per heavy atom. The van der Waals surface area contributed by atoms with Gasteiger partial charge in [-0.15, -0.1) is 11.6 Å². The number of benzene rings is 1. The van der Waals surface area contributed by atoms with Gasteiger partial charge in [0.15, 0.2) is 4.87 Å². The summed E-state index contributed by atoms with van der Waals surface area (Å²) < 4.78 is 5.55. The lowest BCUT2D eigenvalue weighted by molar-refractivity contribution is 0.144. The molecule has 2 aliphatic rings. The van der Waals surface area contributed by atoms with E-state index in [0.29, 0.717) is 13.2 Å². The average molecular weight is 210 g/mol. The number of nitrogens with zero attached hydrogens (tertiary/aromatic N) is 1. The maximum atomic E-state index is 6.32. The highest BCUT2D eigenvalue weighted by Crippen LogP contribution is 2.36. The van der Waals surface area contributed by atoms with Crippen molar-refractivity contribution >= 4 is 17.3 Å². The molecule has 0 amide bonds. The van der Waals surface area contributed by atoms with Gasteiger partial charge in [0.05, 0.1) is 0 Å². The molecule has 1 aromatic rings. The van der Waals surface area contributed by atoms with Gasteiger partial charge in [0.2, 0.25) is 0 Å². The fourth-order valence-electron chi connectivity index (χ4n) is 1.73. The van der Waals surface area contributed by atoms with Crippen molar-refractivity contribution in [2.75, 3.05) is 13.2 Å². The molecule has 0 saturated carbocycles. The first-order chi connectivity index (χ1) is 6.80. The van der Waals surface area contributed by atoms with Crippen LogP contribution in [0.1, 0.15) is 5.56 Å². The molecule has 3 rings (SSSR count). The highest BCUT2D eigenvalue weighted by Gasteiger charge is 2.45. The molecule has 4 heteroatoms. The molecular formula is C10H8ClNO2. The Morgan fingerprint density at radius 1 is 1.29 bits per heavy atom. The average Bonchev–Trinajstić information content (AvgIpc) is 2.60. The SMILES string of the molecule is ClC12CON=C1c1ccccc1OC2. The number of hydrogen-bond acceptors (Lipinski definition) is 3. The molecule has 1 atom stereocenters. The van der Waals surface area contributed by atoms with Crippen LogP contribution in [0.3, 0.4) is 0 Å². The first-order valence-corrected chi connectivity index (χ1v) is 4.79. The molecule has 14 heavy (non-hydrogen) atoms. The number of alkyl halides is 1. The second kappa shape index (κ2) is 2.64. The minimum absolute atomic E-state index is 0.387. The van der Waals surface area contributed by atoms with Gasteiger partial charge in [0.25, 0.3) is 0 Å². The van der Waals surface area contributed by atoms with Gasteiger partial charge >= 0.3 is 0 Å². The highest BCUT2D eigenvalue weighted by atomic mass is 35.5. The number of halogens is 1. The summed E-state index contributed by atoms with van der Waals surface area (Å²) in [7, 11) is 0. The fourth-order valence-corrected chi connectivity index (χ4v) is 1.97. The van der Waals surface area contributed by atoms with Crippen LogP contribution in [0.5, 0.6) is 5.75 Å². The zero-order valence-electron chi connectivity index (χ0n) is 7.37. The minimum Gasteiger partial charge on any atom is -0.490 e. The summed E-state index contributed by atoms with van der Waals surface area (Å²) >= 11 is 6.32.